The van der Waals surface area contributed by atoms with Gasteiger partial charge in [-0.25, -0.2) is 14.2 Å². The van der Waals surface area contributed by atoms with Crippen LogP contribution in [0.5, 0.6) is 5.88 Å². The van der Waals surface area contributed by atoms with Crippen molar-refractivity contribution in [1.29, 1.82) is 0 Å². The molecule has 0 bridgehead atoms. The fourth-order valence-corrected chi connectivity index (χ4v) is 4.10. The molecule has 1 saturated carbocycles. The first-order valence-corrected chi connectivity index (χ1v) is 10.7. The first kappa shape index (κ1) is 23.1. The number of amides is 1. The van der Waals surface area contributed by atoms with Crippen LogP contribution in [-0.4, -0.2) is 54.7 Å². The van der Waals surface area contributed by atoms with Crippen LogP contribution in [0.1, 0.15) is 39.2 Å². The number of methoxy groups -OCH3 is 1. The van der Waals surface area contributed by atoms with Crippen molar-refractivity contribution in [1.82, 2.24) is 28.6 Å². The molecule has 172 valence electrons. The Kier molecular flexibility index (Phi) is 7.01. The van der Waals surface area contributed by atoms with Crippen molar-refractivity contribution < 1.29 is 9.53 Å². The third-order valence-electron chi connectivity index (χ3n) is 5.68. The molecule has 4 rings (SSSR count). The number of carbonyl (C=O) groups excluding carboxylic acids is 1. The Bertz CT molecular complexity index is 1160. The van der Waals surface area contributed by atoms with E-state index in [1.54, 1.807) is 60.1 Å². The normalized spacial score (nSPS) is 17.5. The molecule has 0 spiro atoms. The first-order chi connectivity index (χ1) is 15.4. The first-order valence-electron chi connectivity index (χ1n) is 10.7. The molecular weight excluding hydrogens is 410 g/mol. The molecule has 1 amide bonds. The van der Waals surface area contributed by atoms with Gasteiger partial charge in [0.2, 0.25) is 5.91 Å². The van der Waals surface area contributed by atoms with Gasteiger partial charge in [-0.3, -0.25) is 14.0 Å². The van der Waals surface area contributed by atoms with E-state index in [0.717, 1.165) is 12.8 Å². The smallest absolute Gasteiger partial charge is 0.334 e. The van der Waals surface area contributed by atoms with Gasteiger partial charge in [0.25, 0.3) is 5.88 Å². The van der Waals surface area contributed by atoms with E-state index in [-0.39, 0.29) is 23.7 Å². The monoisotopic (exact) mass is 441 g/mol. The number of nitrogens with zero attached hydrogens (tertiary/aromatic N) is 6. The predicted molar refractivity (Wildman–Crippen MR) is 123 cm³/mol. The van der Waals surface area contributed by atoms with E-state index in [9.17, 15) is 9.59 Å². The van der Waals surface area contributed by atoms with Crippen molar-refractivity contribution in [2.24, 2.45) is 7.05 Å². The molecule has 1 aliphatic rings. The van der Waals surface area contributed by atoms with E-state index in [1.807, 2.05) is 13.8 Å². The minimum atomic E-state index is -0.158. The van der Waals surface area contributed by atoms with Gasteiger partial charge < -0.3 is 15.0 Å². The average Bonchev–Trinajstić information content (AvgIpc) is 3.55. The minimum absolute atomic E-state index is 0.0225. The molecule has 3 aromatic rings. The molecule has 10 heteroatoms. The van der Waals surface area contributed by atoms with E-state index in [2.05, 4.69) is 22.0 Å². The number of anilines is 2. The van der Waals surface area contributed by atoms with Gasteiger partial charge in [-0.05, 0) is 25.3 Å². The van der Waals surface area contributed by atoms with Gasteiger partial charge in [0.05, 0.1) is 19.0 Å². The van der Waals surface area contributed by atoms with Gasteiger partial charge in [0.15, 0.2) is 5.65 Å². The second kappa shape index (κ2) is 9.71. The van der Waals surface area contributed by atoms with Crippen LogP contribution < -0.4 is 15.7 Å². The number of ether oxygens (including phenoxy) is 1. The summed E-state index contributed by atoms with van der Waals surface area (Å²) in [6, 6.07) is 0.0476. The Hall–Kier alpha value is -3.56. The molecule has 2 atom stereocenters. The van der Waals surface area contributed by atoms with Crippen molar-refractivity contribution in [2.75, 3.05) is 19.5 Å². The van der Waals surface area contributed by atoms with Crippen molar-refractivity contribution >= 4 is 22.9 Å². The molecule has 3 heterocycles. The zero-order valence-electron chi connectivity index (χ0n) is 19.3. The summed E-state index contributed by atoms with van der Waals surface area (Å²) in [5.74, 6) is 0.342. The maximum Gasteiger partial charge on any atom is 0.334 e. The van der Waals surface area contributed by atoms with Crippen LogP contribution in [0.25, 0.3) is 5.65 Å². The number of likely N-dealkylation sites (N-methyl/N-ethyl adjacent to an activating group) is 1. The van der Waals surface area contributed by atoms with Gasteiger partial charge in [0, 0.05) is 44.8 Å². The molecule has 10 nitrogen and oxygen atoms in total. The Morgan fingerprint density at radius 2 is 2.06 bits per heavy atom. The van der Waals surface area contributed by atoms with Crippen LogP contribution in [0.4, 0.5) is 11.4 Å². The average molecular weight is 442 g/mol. The summed E-state index contributed by atoms with van der Waals surface area (Å²) in [5, 5.41) is 7.55. The summed E-state index contributed by atoms with van der Waals surface area (Å²) in [6.07, 6.45) is 10.5. The van der Waals surface area contributed by atoms with Crippen LogP contribution in [0.3, 0.4) is 0 Å². The predicted octanol–water partition coefficient (Wildman–Crippen LogP) is 2.75. The van der Waals surface area contributed by atoms with E-state index in [0.29, 0.717) is 29.3 Å². The molecule has 0 aromatic carbocycles. The summed E-state index contributed by atoms with van der Waals surface area (Å²) in [4.78, 5) is 31.1. The van der Waals surface area contributed by atoms with Crippen LogP contribution >= 0.6 is 0 Å². The van der Waals surface area contributed by atoms with Crippen molar-refractivity contribution in [3.8, 4) is 5.88 Å². The summed E-state index contributed by atoms with van der Waals surface area (Å²) < 4.78 is 10.2. The SMILES string of the molecule is C=CC(=O)N(C)C1CCC(n2cc(Nc3cn(C)nc3OC)c3nccn3c2=O)C1.CC. The van der Waals surface area contributed by atoms with Crippen LogP contribution in [0.15, 0.2) is 42.2 Å². The molecule has 3 aromatic heterocycles. The van der Waals surface area contributed by atoms with Crippen molar-refractivity contribution in [2.45, 2.75) is 45.2 Å². The Morgan fingerprint density at radius 3 is 2.75 bits per heavy atom. The maximum absolute atomic E-state index is 13.1. The number of fused-ring (bicyclic) bond motifs is 1. The number of aromatic nitrogens is 5. The standard InChI is InChI=1S/C20H25N7O3.C2H6/c1-5-17(28)25(3)13-6-7-14(10-13)27-12-15(18-21-8-9-26(18)20(27)29)22-16-11-24(2)23-19(16)30-4;1-2/h5,8-9,11-14,22H,1,6-7,10H2,2-4H3;1-2H3. The zero-order chi connectivity index (χ0) is 23.4. The van der Waals surface area contributed by atoms with Gasteiger partial charge in [-0.15, -0.1) is 5.10 Å². The molecular formula is C22H31N7O3. The lowest BCUT2D eigenvalue weighted by Gasteiger charge is -2.23. The number of nitrogens with one attached hydrogen (secondary N) is 1. The highest BCUT2D eigenvalue weighted by molar-refractivity contribution is 5.87. The second-order valence-electron chi connectivity index (χ2n) is 7.48. The highest BCUT2D eigenvalue weighted by atomic mass is 16.5. The quantitative estimate of drug-likeness (QED) is 0.591. The second-order valence-corrected chi connectivity index (χ2v) is 7.48. The number of aryl methyl sites for hydroxylation is 1. The van der Waals surface area contributed by atoms with E-state index in [1.165, 1.54) is 10.5 Å². The fourth-order valence-electron chi connectivity index (χ4n) is 4.10. The van der Waals surface area contributed by atoms with Gasteiger partial charge in [-0.2, -0.15) is 0 Å². The van der Waals surface area contributed by atoms with E-state index < -0.39 is 0 Å². The Morgan fingerprint density at radius 1 is 1.31 bits per heavy atom. The molecule has 1 aliphatic carbocycles. The number of imidazole rings is 1. The summed E-state index contributed by atoms with van der Waals surface area (Å²) in [6.45, 7) is 7.56. The van der Waals surface area contributed by atoms with Gasteiger partial charge in [0.1, 0.15) is 5.69 Å². The van der Waals surface area contributed by atoms with Gasteiger partial charge in [-0.1, -0.05) is 20.4 Å². The fraction of sp³-hybridized carbons (Fsp3) is 0.455. The molecule has 1 N–H and O–H groups in total. The van der Waals surface area contributed by atoms with E-state index in [4.69, 9.17) is 4.74 Å². The third kappa shape index (κ3) is 4.25. The summed E-state index contributed by atoms with van der Waals surface area (Å²) in [7, 11) is 5.14. The molecule has 1 fully saturated rings. The maximum atomic E-state index is 13.1. The topological polar surface area (TPSA) is 98.7 Å². The molecule has 0 radical (unpaired) electrons. The molecule has 2 unspecified atom stereocenters. The number of hydrogen-bond acceptors (Lipinski definition) is 6. The van der Waals surface area contributed by atoms with Crippen LogP contribution in [0, 0.1) is 0 Å². The number of carbonyl (C=O) groups is 1. The number of rotatable bonds is 6. The van der Waals surface area contributed by atoms with Crippen LogP contribution in [-0.2, 0) is 11.8 Å². The largest absolute Gasteiger partial charge is 0.478 e. The lowest BCUT2D eigenvalue weighted by atomic mass is 10.2. The Balaban J connectivity index is 0.00000141. The lowest BCUT2D eigenvalue weighted by Crippen LogP contribution is -2.35. The molecule has 0 aliphatic heterocycles. The molecule has 0 saturated heterocycles. The Labute approximate surface area is 187 Å². The zero-order valence-corrected chi connectivity index (χ0v) is 19.3. The molecule has 32 heavy (non-hydrogen) atoms. The van der Waals surface area contributed by atoms with Crippen molar-refractivity contribution in [3.63, 3.8) is 0 Å². The van der Waals surface area contributed by atoms with Crippen molar-refractivity contribution in [3.05, 3.63) is 47.9 Å². The lowest BCUT2D eigenvalue weighted by molar-refractivity contribution is -0.126. The van der Waals surface area contributed by atoms with Gasteiger partial charge >= 0.3 is 5.69 Å². The summed E-state index contributed by atoms with van der Waals surface area (Å²) in [5.41, 5.74) is 1.71. The number of hydrogen-bond donors (Lipinski definition) is 1. The third-order valence-corrected chi connectivity index (χ3v) is 5.68. The highest BCUT2D eigenvalue weighted by Gasteiger charge is 2.31. The highest BCUT2D eigenvalue weighted by Crippen LogP contribution is 2.33. The van der Waals surface area contributed by atoms with E-state index >= 15 is 0 Å². The summed E-state index contributed by atoms with van der Waals surface area (Å²) >= 11 is 0. The minimum Gasteiger partial charge on any atom is -0.478 e. The van der Waals surface area contributed by atoms with Crippen LogP contribution in [0.2, 0.25) is 0 Å².